The number of fused-ring (bicyclic) bond motifs is 2. The average molecular weight is 511 g/mol. The van der Waals surface area contributed by atoms with E-state index >= 15 is 0 Å². The number of benzene rings is 2. The van der Waals surface area contributed by atoms with E-state index in [4.69, 9.17) is 17.0 Å². The van der Waals surface area contributed by atoms with Gasteiger partial charge in [-0.3, -0.25) is 4.98 Å². The number of aromatic nitrogens is 3. The largest absolute Gasteiger partial charge is 0.493 e. The third-order valence-electron chi connectivity index (χ3n) is 7.30. The van der Waals surface area contributed by atoms with Gasteiger partial charge in [0.2, 0.25) is 0 Å². The maximum absolute atomic E-state index is 5.91. The molecule has 2 aromatic heterocycles. The SMILES string of the molecule is CC(C)C1CN(c2ccc(-c3ccc4c(c3)CCO4)nn2)CCN1C(=S)Nc1cccc2ncccc12. The summed E-state index contributed by atoms with van der Waals surface area (Å²) in [5, 5.41) is 14.5. The van der Waals surface area contributed by atoms with Crippen molar-refractivity contribution in [2.75, 3.05) is 36.5 Å². The molecule has 0 saturated carbocycles. The lowest BCUT2D eigenvalue weighted by Crippen LogP contribution is -2.58. The molecule has 37 heavy (non-hydrogen) atoms. The minimum Gasteiger partial charge on any atom is -0.493 e. The summed E-state index contributed by atoms with van der Waals surface area (Å²) in [6, 6.07) is 20.8. The molecule has 4 aromatic rings. The number of piperazine rings is 1. The monoisotopic (exact) mass is 510 g/mol. The second-order valence-electron chi connectivity index (χ2n) is 9.95. The van der Waals surface area contributed by atoms with Crippen LogP contribution in [0.1, 0.15) is 19.4 Å². The normalized spacial score (nSPS) is 17.1. The van der Waals surface area contributed by atoms with Crippen LogP contribution in [0.25, 0.3) is 22.2 Å². The fourth-order valence-electron chi connectivity index (χ4n) is 5.23. The first-order valence-corrected chi connectivity index (χ1v) is 13.2. The van der Waals surface area contributed by atoms with Crippen molar-refractivity contribution in [1.82, 2.24) is 20.1 Å². The van der Waals surface area contributed by atoms with Gasteiger partial charge in [0.15, 0.2) is 10.9 Å². The molecule has 188 valence electrons. The van der Waals surface area contributed by atoms with Gasteiger partial charge in [-0.1, -0.05) is 19.9 Å². The summed E-state index contributed by atoms with van der Waals surface area (Å²) in [5.41, 5.74) is 5.14. The first-order valence-electron chi connectivity index (χ1n) is 12.8. The number of anilines is 2. The lowest BCUT2D eigenvalue weighted by molar-refractivity contribution is 0.227. The first-order chi connectivity index (χ1) is 18.1. The summed E-state index contributed by atoms with van der Waals surface area (Å²) in [6.45, 7) is 7.72. The van der Waals surface area contributed by atoms with Crippen molar-refractivity contribution in [1.29, 1.82) is 0 Å². The number of rotatable bonds is 4. The highest BCUT2D eigenvalue weighted by Gasteiger charge is 2.32. The average Bonchev–Trinajstić information content (AvgIpc) is 3.41. The van der Waals surface area contributed by atoms with Gasteiger partial charge in [0.25, 0.3) is 0 Å². The van der Waals surface area contributed by atoms with Crippen LogP contribution in [0.4, 0.5) is 11.5 Å². The third kappa shape index (κ3) is 4.69. The molecule has 2 aliphatic rings. The molecule has 1 fully saturated rings. The second-order valence-corrected chi connectivity index (χ2v) is 10.3. The minimum atomic E-state index is 0.250. The van der Waals surface area contributed by atoms with Crippen molar-refractivity contribution in [3.8, 4) is 17.0 Å². The zero-order valence-corrected chi connectivity index (χ0v) is 21.9. The Morgan fingerprint density at radius 2 is 1.97 bits per heavy atom. The smallest absolute Gasteiger partial charge is 0.173 e. The van der Waals surface area contributed by atoms with E-state index in [2.05, 4.69) is 80.5 Å². The van der Waals surface area contributed by atoms with E-state index in [-0.39, 0.29) is 6.04 Å². The van der Waals surface area contributed by atoms with Crippen molar-refractivity contribution in [2.24, 2.45) is 5.92 Å². The quantitative estimate of drug-likeness (QED) is 0.377. The molecular formula is C29H30N6OS. The molecule has 4 heterocycles. The van der Waals surface area contributed by atoms with Crippen molar-refractivity contribution in [3.05, 3.63) is 72.4 Å². The van der Waals surface area contributed by atoms with E-state index in [0.717, 1.165) is 77.2 Å². The molecular weight excluding hydrogens is 480 g/mol. The van der Waals surface area contributed by atoms with Gasteiger partial charge in [-0.15, -0.1) is 10.2 Å². The Bertz CT molecular complexity index is 1440. The Hall–Kier alpha value is -3.78. The van der Waals surface area contributed by atoms with Crippen molar-refractivity contribution >= 4 is 39.7 Å². The summed E-state index contributed by atoms with van der Waals surface area (Å²) in [6.07, 6.45) is 2.76. The van der Waals surface area contributed by atoms with Gasteiger partial charge in [0, 0.05) is 48.9 Å². The zero-order chi connectivity index (χ0) is 25.4. The number of hydrogen-bond acceptors (Lipinski definition) is 6. The molecule has 0 aliphatic carbocycles. The number of nitrogens with one attached hydrogen (secondary N) is 1. The van der Waals surface area contributed by atoms with Crippen molar-refractivity contribution < 1.29 is 4.74 Å². The highest BCUT2D eigenvalue weighted by atomic mass is 32.1. The van der Waals surface area contributed by atoms with Gasteiger partial charge in [0.05, 0.1) is 23.9 Å². The molecule has 2 aromatic carbocycles. The number of thiocarbonyl (C=S) groups is 1. The maximum atomic E-state index is 5.91. The van der Waals surface area contributed by atoms with Crippen LogP contribution in [-0.2, 0) is 6.42 Å². The van der Waals surface area contributed by atoms with Gasteiger partial charge in [-0.05, 0) is 78.3 Å². The van der Waals surface area contributed by atoms with Crippen LogP contribution in [0, 0.1) is 5.92 Å². The summed E-state index contributed by atoms with van der Waals surface area (Å²) < 4.78 is 5.63. The molecule has 0 spiro atoms. The van der Waals surface area contributed by atoms with E-state index in [1.54, 1.807) is 0 Å². The Labute approximate surface area is 222 Å². The van der Waals surface area contributed by atoms with E-state index in [0.29, 0.717) is 5.92 Å². The van der Waals surface area contributed by atoms with Crippen LogP contribution < -0.4 is 15.0 Å². The summed E-state index contributed by atoms with van der Waals surface area (Å²) in [7, 11) is 0. The van der Waals surface area contributed by atoms with Gasteiger partial charge in [0.1, 0.15) is 5.75 Å². The molecule has 8 heteroatoms. The molecule has 0 amide bonds. The van der Waals surface area contributed by atoms with Crippen LogP contribution in [-0.4, -0.2) is 57.5 Å². The predicted octanol–water partition coefficient (Wildman–Crippen LogP) is 5.17. The van der Waals surface area contributed by atoms with Gasteiger partial charge in [-0.2, -0.15) is 0 Å². The van der Waals surface area contributed by atoms with Crippen LogP contribution in [0.15, 0.2) is 66.9 Å². The fourth-order valence-corrected chi connectivity index (χ4v) is 5.57. The number of nitrogens with zero attached hydrogens (tertiary/aromatic N) is 5. The molecule has 0 bridgehead atoms. The Morgan fingerprint density at radius 1 is 1.05 bits per heavy atom. The maximum Gasteiger partial charge on any atom is 0.173 e. The summed E-state index contributed by atoms with van der Waals surface area (Å²) in [5.74, 6) is 2.30. The molecule has 1 N–H and O–H groups in total. The third-order valence-corrected chi connectivity index (χ3v) is 7.63. The van der Waals surface area contributed by atoms with Gasteiger partial charge < -0.3 is 19.9 Å². The number of ether oxygens (including phenoxy) is 1. The summed E-state index contributed by atoms with van der Waals surface area (Å²) in [4.78, 5) is 9.10. The Balaban J connectivity index is 1.17. The van der Waals surface area contributed by atoms with Crippen molar-refractivity contribution in [2.45, 2.75) is 26.3 Å². The molecule has 7 nitrogen and oxygen atoms in total. The van der Waals surface area contributed by atoms with Crippen LogP contribution in [0.5, 0.6) is 5.75 Å². The van der Waals surface area contributed by atoms with Gasteiger partial charge >= 0.3 is 0 Å². The lowest BCUT2D eigenvalue weighted by atomic mass is 10.00. The zero-order valence-electron chi connectivity index (χ0n) is 21.1. The van der Waals surface area contributed by atoms with E-state index in [9.17, 15) is 0 Å². The van der Waals surface area contributed by atoms with Gasteiger partial charge in [-0.25, -0.2) is 0 Å². The van der Waals surface area contributed by atoms with E-state index < -0.39 is 0 Å². The second kappa shape index (κ2) is 9.94. The molecule has 1 saturated heterocycles. The topological polar surface area (TPSA) is 66.4 Å². The Morgan fingerprint density at radius 3 is 2.81 bits per heavy atom. The van der Waals surface area contributed by atoms with Crippen LogP contribution in [0.3, 0.4) is 0 Å². The van der Waals surface area contributed by atoms with Crippen LogP contribution in [0.2, 0.25) is 0 Å². The molecule has 0 radical (unpaired) electrons. The fraction of sp³-hybridized carbons (Fsp3) is 0.310. The Kier molecular flexibility index (Phi) is 6.34. The highest BCUT2D eigenvalue weighted by Crippen LogP contribution is 2.30. The molecule has 1 atom stereocenters. The first kappa shape index (κ1) is 23.6. The van der Waals surface area contributed by atoms with Crippen molar-refractivity contribution in [3.63, 3.8) is 0 Å². The van der Waals surface area contributed by atoms with Crippen LogP contribution >= 0.6 is 12.2 Å². The lowest BCUT2D eigenvalue weighted by Gasteiger charge is -2.45. The number of hydrogen-bond donors (Lipinski definition) is 1. The summed E-state index contributed by atoms with van der Waals surface area (Å²) >= 11 is 5.91. The van der Waals surface area contributed by atoms with E-state index in [1.165, 1.54) is 5.56 Å². The molecule has 2 aliphatic heterocycles. The highest BCUT2D eigenvalue weighted by molar-refractivity contribution is 7.80. The predicted molar refractivity (Wildman–Crippen MR) is 152 cm³/mol. The van der Waals surface area contributed by atoms with E-state index in [1.807, 2.05) is 30.5 Å². The number of pyridine rings is 1. The molecule has 1 unspecified atom stereocenters. The minimum absolute atomic E-state index is 0.250. The molecule has 6 rings (SSSR count). The standard InChI is InChI=1S/C29H30N6OS/c1-19(2)26-18-34(28-11-9-23(32-33-28)20-8-10-27-21(17-20)12-16-36-27)14-15-35(26)29(37)31-25-7-3-6-24-22(25)5-4-13-30-24/h3-11,13,17,19,26H,12,14-16,18H2,1-2H3,(H,31,37).